The number of carbonyl (C=O) groups is 4. The smallest absolute Gasteiger partial charge is 0.240 e. The van der Waals surface area contributed by atoms with Crippen LogP contribution in [-0.2, 0) is 19.2 Å². The predicted octanol–water partition coefficient (Wildman–Crippen LogP) is 1.25. The molecule has 4 atom stereocenters. The minimum absolute atomic E-state index is 0.0236. The molecule has 4 unspecified atom stereocenters. The number of carbonyl (C=O) groups excluding carboxylic acids is 4. The van der Waals surface area contributed by atoms with E-state index >= 15 is 0 Å². The Hall–Kier alpha value is -3.81. The lowest BCUT2D eigenvalue weighted by molar-refractivity contribution is -0.131. The van der Waals surface area contributed by atoms with Gasteiger partial charge in [-0.2, -0.15) is 10.5 Å². The van der Waals surface area contributed by atoms with Crippen LogP contribution in [0.3, 0.4) is 0 Å². The number of nitrogens with two attached hydrogens (primary N) is 1. The molecule has 0 radical (unpaired) electrons. The third kappa shape index (κ3) is 8.35. The number of hydrogen-bond donors (Lipinski definition) is 3. The van der Waals surface area contributed by atoms with Crippen molar-refractivity contribution in [2.45, 2.75) is 55.7 Å². The third-order valence-corrected chi connectivity index (χ3v) is 8.97. The molecule has 13 heteroatoms. The standard InChI is InChI=1S/C28H38N8O4S/c1-3-36-25(15-19(17-30)27(39)33-13-11-29)41-23(28(36)40)10-12-32-20-7-6-8-21(16-20)34(2)24(37)18-35-14-5-4-9-22(35)26(31)38/h6-8,16,19,22-23,25,32H,3-5,9-10,12-15,18H2,1-2H3,(H2,31,38)(H,33,39). The van der Waals surface area contributed by atoms with E-state index in [0.29, 0.717) is 38.2 Å². The van der Waals surface area contributed by atoms with Crippen LogP contribution in [0.25, 0.3) is 0 Å². The number of likely N-dealkylation sites (tertiary alicyclic amines) is 1. The second-order valence-corrected chi connectivity index (χ2v) is 11.5. The lowest BCUT2D eigenvalue weighted by Crippen LogP contribution is -2.51. The summed E-state index contributed by atoms with van der Waals surface area (Å²) in [6, 6.07) is 10.8. The minimum Gasteiger partial charge on any atom is -0.385 e. The Labute approximate surface area is 245 Å². The number of thioether (sulfide) groups is 1. The Bertz CT molecular complexity index is 1200. The van der Waals surface area contributed by atoms with Gasteiger partial charge in [-0.05, 0) is 50.9 Å². The molecule has 0 saturated carbocycles. The molecule has 2 aliphatic heterocycles. The first-order chi connectivity index (χ1) is 19.7. The summed E-state index contributed by atoms with van der Waals surface area (Å²) in [7, 11) is 1.70. The summed E-state index contributed by atoms with van der Waals surface area (Å²) in [6.07, 6.45) is 3.25. The maximum Gasteiger partial charge on any atom is 0.240 e. The Balaban J connectivity index is 1.54. The summed E-state index contributed by atoms with van der Waals surface area (Å²) in [6.45, 7) is 3.45. The number of amides is 4. The van der Waals surface area contributed by atoms with E-state index in [-0.39, 0.29) is 41.9 Å². The number of nitrogens with one attached hydrogen (secondary N) is 2. The topological polar surface area (TPSA) is 176 Å². The van der Waals surface area contributed by atoms with Gasteiger partial charge in [0.05, 0.1) is 35.3 Å². The number of anilines is 2. The van der Waals surface area contributed by atoms with Crippen LogP contribution in [0, 0.1) is 28.6 Å². The van der Waals surface area contributed by atoms with Crippen molar-refractivity contribution in [2.75, 3.05) is 50.0 Å². The Morgan fingerprint density at radius 2 is 2.05 bits per heavy atom. The van der Waals surface area contributed by atoms with Crippen LogP contribution in [-0.4, -0.2) is 89.9 Å². The highest BCUT2D eigenvalue weighted by Gasteiger charge is 2.41. The van der Waals surface area contributed by atoms with Gasteiger partial charge >= 0.3 is 0 Å². The van der Waals surface area contributed by atoms with E-state index in [1.54, 1.807) is 16.8 Å². The molecule has 4 N–H and O–H groups in total. The lowest BCUT2D eigenvalue weighted by Gasteiger charge is -2.34. The zero-order valence-electron chi connectivity index (χ0n) is 23.5. The van der Waals surface area contributed by atoms with Crippen molar-refractivity contribution in [3.8, 4) is 12.1 Å². The average Bonchev–Trinajstić information content (AvgIpc) is 3.27. The Morgan fingerprint density at radius 1 is 1.27 bits per heavy atom. The molecule has 3 rings (SSSR count). The van der Waals surface area contributed by atoms with Crippen LogP contribution in [0.15, 0.2) is 24.3 Å². The number of nitrogens with zero attached hydrogens (tertiary/aromatic N) is 5. The Morgan fingerprint density at radius 3 is 2.73 bits per heavy atom. The monoisotopic (exact) mass is 582 g/mol. The van der Waals surface area contributed by atoms with Crippen molar-refractivity contribution in [3.05, 3.63) is 24.3 Å². The maximum absolute atomic E-state index is 13.0. The van der Waals surface area contributed by atoms with Gasteiger partial charge in [-0.3, -0.25) is 24.1 Å². The molecule has 41 heavy (non-hydrogen) atoms. The number of nitriles is 2. The summed E-state index contributed by atoms with van der Waals surface area (Å²) < 4.78 is 0. The molecular formula is C28H38N8O4S. The van der Waals surface area contributed by atoms with Gasteiger partial charge in [-0.25, -0.2) is 0 Å². The van der Waals surface area contributed by atoms with Crippen LogP contribution in [0.5, 0.6) is 0 Å². The van der Waals surface area contributed by atoms with E-state index in [0.717, 1.165) is 18.5 Å². The molecule has 12 nitrogen and oxygen atoms in total. The molecule has 1 aromatic carbocycles. The summed E-state index contributed by atoms with van der Waals surface area (Å²) in [5, 5.41) is 23.3. The molecule has 0 bridgehead atoms. The normalized spacial score (nSPS) is 21.4. The number of hydrogen-bond acceptors (Lipinski definition) is 9. The van der Waals surface area contributed by atoms with Gasteiger partial charge in [0.1, 0.15) is 12.5 Å². The van der Waals surface area contributed by atoms with Crippen molar-refractivity contribution in [2.24, 2.45) is 11.7 Å². The zero-order valence-corrected chi connectivity index (χ0v) is 24.4. The summed E-state index contributed by atoms with van der Waals surface area (Å²) in [4.78, 5) is 55.2. The highest BCUT2D eigenvalue weighted by molar-refractivity contribution is 8.01. The van der Waals surface area contributed by atoms with E-state index in [2.05, 4.69) is 10.6 Å². The summed E-state index contributed by atoms with van der Waals surface area (Å²) >= 11 is 1.45. The molecule has 2 aliphatic rings. The zero-order chi connectivity index (χ0) is 29.9. The number of benzene rings is 1. The second-order valence-electron chi connectivity index (χ2n) is 10.1. The molecule has 0 aliphatic carbocycles. The van der Waals surface area contributed by atoms with Gasteiger partial charge < -0.3 is 26.2 Å². The van der Waals surface area contributed by atoms with Crippen molar-refractivity contribution in [3.63, 3.8) is 0 Å². The molecule has 0 aromatic heterocycles. The van der Waals surface area contributed by atoms with Crippen LogP contribution in [0.4, 0.5) is 11.4 Å². The van der Waals surface area contributed by atoms with Crippen LogP contribution >= 0.6 is 11.8 Å². The van der Waals surface area contributed by atoms with E-state index in [9.17, 15) is 24.4 Å². The fraction of sp³-hybridized carbons (Fsp3) is 0.571. The number of rotatable bonds is 13. The second kappa shape index (κ2) is 15.3. The number of piperidine rings is 1. The fourth-order valence-corrected chi connectivity index (χ4v) is 6.74. The van der Waals surface area contributed by atoms with Crippen LogP contribution < -0.4 is 21.3 Å². The quantitative estimate of drug-likeness (QED) is 0.289. The number of likely N-dealkylation sites (N-methyl/N-ethyl adjacent to an activating group) is 1. The van der Waals surface area contributed by atoms with Crippen LogP contribution in [0.2, 0.25) is 0 Å². The first kappa shape index (κ1) is 31.7. The first-order valence-electron chi connectivity index (χ1n) is 13.8. The molecule has 220 valence electrons. The van der Waals surface area contributed by atoms with Crippen molar-refractivity contribution < 1.29 is 19.2 Å². The van der Waals surface area contributed by atoms with Crippen LogP contribution in [0.1, 0.15) is 39.0 Å². The van der Waals surface area contributed by atoms with Gasteiger partial charge in [-0.15, -0.1) is 11.8 Å². The van der Waals surface area contributed by atoms with E-state index in [1.165, 1.54) is 11.8 Å². The van der Waals surface area contributed by atoms with Gasteiger partial charge in [0.2, 0.25) is 23.6 Å². The van der Waals surface area contributed by atoms with Crippen molar-refractivity contribution in [1.82, 2.24) is 15.1 Å². The van der Waals surface area contributed by atoms with Crippen molar-refractivity contribution in [1.29, 1.82) is 10.5 Å². The highest BCUT2D eigenvalue weighted by Crippen LogP contribution is 2.37. The van der Waals surface area contributed by atoms with E-state index < -0.39 is 23.8 Å². The number of primary amides is 1. The minimum atomic E-state index is -0.946. The molecule has 2 heterocycles. The van der Waals surface area contributed by atoms with E-state index in [1.807, 2.05) is 48.2 Å². The Kier molecular flexibility index (Phi) is 11.8. The molecule has 4 amide bonds. The van der Waals surface area contributed by atoms with Gasteiger partial charge in [0.15, 0.2) is 0 Å². The third-order valence-electron chi connectivity index (χ3n) is 7.44. The SMILES string of the molecule is CCN1C(=O)C(CCNc2cccc(N(C)C(=O)CN3CCCCC3C(N)=O)c2)SC1CC(C#N)C(=O)NCC#N. The van der Waals surface area contributed by atoms with E-state index in [4.69, 9.17) is 11.0 Å². The lowest BCUT2D eigenvalue weighted by atomic mass is 10.0. The highest BCUT2D eigenvalue weighted by atomic mass is 32.2. The molecule has 0 spiro atoms. The molecule has 1 aromatic rings. The first-order valence-corrected chi connectivity index (χ1v) is 14.8. The molecule has 2 saturated heterocycles. The summed E-state index contributed by atoms with van der Waals surface area (Å²) in [5.74, 6) is -2.01. The molecular weight excluding hydrogens is 544 g/mol. The average molecular weight is 583 g/mol. The van der Waals surface area contributed by atoms with Gasteiger partial charge in [-0.1, -0.05) is 12.5 Å². The van der Waals surface area contributed by atoms with Crippen molar-refractivity contribution >= 4 is 46.8 Å². The summed E-state index contributed by atoms with van der Waals surface area (Å²) in [5.41, 5.74) is 7.04. The maximum atomic E-state index is 13.0. The molecule has 2 fully saturated rings. The van der Waals surface area contributed by atoms with Gasteiger partial charge in [0.25, 0.3) is 0 Å². The predicted molar refractivity (Wildman–Crippen MR) is 156 cm³/mol. The fourth-order valence-electron chi connectivity index (χ4n) is 5.15. The van der Waals surface area contributed by atoms with Gasteiger partial charge in [0, 0.05) is 37.9 Å². The largest absolute Gasteiger partial charge is 0.385 e.